The molecule has 0 saturated carbocycles. The summed E-state index contributed by atoms with van der Waals surface area (Å²) < 4.78 is 0. The molecule has 0 N–H and O–H groups in total. The van der Waals surface area contributed by atoms with Gasteiger partial charge in [-0.1, -0.05) is 79.1 Å². The molecule has 0 saturated heterocycles. The summed E-state index contributed by atoms with van der Waals surface area (Å²) in [5.41, 5.74) is 0. The zero-order valence-corrected chi connectivity index (χ0v) is 16.7. The van der Waals surface area contributed by atoms with Gasteiger partial charge in [0.25, 0.3) is 0 Å². The van der Waals surface area contributed by atoms with Gasteiger partial charge in [-0.05, 0) is 0 Å². The van der Waals surface area contributed by atoms with Crippen molar-refractivity contribution in [2.75, 3.05) is 26.4 Å². The number of unbranched alkanes of at least 4 members (excludes halogenated alkanes) is 4. The van der Waals surface area contributed by atoms with Crippen molar-refractivity contribution in [3.05, 3.63) is 0 Å². The molecule has 0 fully saturated rings. The SMILES string of the molecule is CCCC[O-].CCCC[O-].CCCC[O-].CCCC[O-].[Pt+4]. The second kappa shape index (κ2) is 49.9. The molecule has 0 aromatic heterocycles. The molecule has 4 nitrogen and oxygen atoms in total. The molecular formula is C16H36O4Pt. The second-order valence-corrected chi connectivity index (χ2v) is 4.23. The Balaban J connectivity index is -0.0000000533. The zero-order valence-electron chi connectivity index (χ0n) is 14.4. The van der Waals surface area contributed by atoms with Crippen LogP contribution in [0.1, 0.15) is 79.1 Å². The number of rotatable bonds is 8. The first kappa shape index (κ1) is 33.2. The van der Waals surface area contributed by atoms with E-state index >= 15 is 0 Å². The average Bonchev–Trinajstić information content (AvgIpc) is 2.44. The van der Waals surface area contributed by atoms with Crippen molar-refractivity contribution in [2.45, 2.75) is 79.1 Å². The minimum absolute atomic E-state index is 0. The number of hydrogen-bond donors (Lipinski definition) is 0. The van der Waals surface area contributed by atoms with Crippen LogP contribution in [0.5, 0.6) is 0 Å². The first-order valence-corrected chi connectivity index (χ1v) is 7.98. The Morgan fingerprint density at radius 1 is 0.429 bits per heavy atom. The third-order valence-electron chi connectivity index (χ3n) is 1.99. The molecule has 0 aliphatic carbocycles. The van der Waals surface area contributed by atoms with E-state index in [9.17, 15) is 20.4 Å². The minimum Gasteiger partial charge on any atom is -0.854 e. The van der Waals surface area contributed by atoms with Gasteiger partial charge in [0.15, 0.2) is 0 Å². The van der Waals surface area contributed by atoms with Crippen LogP contribution in [0.25, 0.3) is 0 Å². The van der Waals surface area contributed by atoms with Gasteiger partial charge in [0.1, 0.15) is 0 Å². The minimum atomic E-state index is 0. The molecule has 134 valence electrons. The Bertz CT molecular complexity index is 74.3. The van der Waals surface area contributed by atoms with E-state index in [1.807, 2.05) is 27.7 Å². The van der Waals surface area contributed by atoms with Crippen LogP contribution in [0, 0.1) is 0 Å². The molecule has 0 heterocycles. The van der Waals surface area contributed by atoms with Gasteiger partial charge in [-0.15, -0.1) is 26.4 Å². The quantitative estimate of drug-likeness (QED) is 0.501. The van der Waals surface area contributed by atoms with Crippen LogP contribution in [0.3, 0.4) is 0 Å². The van der Waals surface area contributed by atoms with E-state index < -0.39 is 0 Å². The van der Waals surface area contributed by atoms with E-state index in [0.29, 0.717) is 0 Å². The van der Waals surface area contributed by atoms with Gasteiger partial charge in [0.2, 0.25) is 0 Å². The number of hydrogen-bond acceptors (Lipinski definition) is 4. The van der Waals surface area contributed by atoms with E-state index in [-0.39, 0.29) is 47.5 Å². The molecule has 0 rings (SSSR count). The molecule has 21 heavy (non-hydrogen) atoms. The van der Waals surface area contributed by atoms with Crippen LogP contribution in [0.4, 0.5) is 0 Å². The summed E-state index contributed by atoms with van der Waals surface area (Å²) in [6.45, 7) is 8.42. The van der Waals surface area contributed by atoms with E-state index in [0.717, 1.165) is 51.4 Å². The summed E-state index contributed by atoms with van der Waals surface area (Å²) in [5, 5.41) is 38.1. The molecule has 0 aromatic rings. The normalized spacial score (nSPS) is 8.00. The second-order valence-electron chi connectivity index (χ2n) is 4.23. The Morgan fingerprint density at radius 3 is 0.571 bits per heavy atom. The van der Waals surface area contributed by atoms with Gasteiger partial charge in [-0.3, -0.25) is 0 Å². The fourth-order valence-corrected chi connectivity index (χ4v) is 0.577. The summed E-state index contributed by atoms with van der Waals surface area (Å²) >= 11 is 0. The van der Waals surface area contributed by atoms with Crippen LogP contribution in [-0.4, -0.2) is 26.4 Å². The summed E-state index contributed by atoms with van der Waals surface area (Å²) in [6.07, 6.45) is 7.46. The largest absolute Gasteiger partial charge is 4.00 e. The van der Waals surface area contributed by atoms with Crippen molar-refractivity contribution >= 4 is 0 Å². The van der Waals surface area contributed by atoms with Crippen molar-refractivity contribution in [1.82, 2.24) is 0 Å². The summed E-state index contributed by atoms with van der Waals surface area (Å²) in [5.74, 6) is 0. The molecule has 5 heteroatoms. The van der Waals surface area contributed by atoms with Crippen LogP contribution < -0.4 is 20.4 Å². The van der Waals surface area contributed by atoms with Crippen LogP contribution in [0.15, 0.2) is 0 Å². The molecule has 0 spiro atoms. The molecule has 0 amide bonds. The first-order valence-electron chi connectivity index (χ1n) is 7.98. The van der Waals surface area contributed by atoms with Crippen molar-refractivity contribution < 1.29 is 41.5 Å². The molecule has 0 unspecified atom stereocenters. The summed E-state index contributed by atoms with van der Waals surface area (Å²) in [4.78, 5) is 0. The molecule has 0 bridgehead atoms. The van der Waals surface area contributed by atoms with Gasteiger partial charge < -0.3 is 20.4 Å². The molecule has 0 aromatic carbocycles. The van der Waals surface area contributed by atoms with Crippen LogP contribution in [-0.2, 0) is 21.1 Å². The van der Waals surface area contributed by atoms with E-state index in [4.69, 9.17) is 0 Å². The third-order valence-corrected chi connectivity index (χ3v) is 1.99. The van der Waals surface area contributed by atoms with E-state index in [1.54, 1.807) is 0 Å². The fraction of sp³-hybridized carbons (Fsp3) is 1.00. The van der Waals surface area contributed by atoms with Crippen LogP contribution >= 0.6 is 0 Å². The smallest absolute Gasteiger partial charge is 0.854 e. The van der Waals surface area contributed by atoms with Crippen molar-refractivity contribution in [3.8, 4) is 0 Å². The maximum atomic E-state index is 9.53. The maximum Gasteiger partial charge on any atom is 4.00 e. The zero-order chi connectivity index (χ0) is 16.5. The summed E-state index contributed by atoms with van der Waals surface area (Å²) in [7, 11) is 0. The van der Waals surface area contributed by atoms with Gasteiger partial charge in [0.05, 0.1) is 0 Å². The van der Waals surface area contributed by atoms with Crippen molar-refractivity contribution in [3.63, 3.8) is 0 Å². The van der Waals surface area contributed by atoms with Gasteiger partial charge in [-0.25, -0.2) is 0 Å². The Labute approximate surface area is 147 Å². The standard InChI is InChI=1S/4C4H9O.Pt/c4*1-2-3-4-5;/h4*2-4H2,1H3;/q4*-1;+4. The molecule has 0 aliphatic rings. The van der Waals surface area contributed by atoms with E-state index in [2.05, 4.69) is 0 Å². The first-order chi connectivity index (χ1) is 9.66. The van der Waals surface area contributed by atoms with Crippen LogP contribution in [0.2, 0.25) is 0 Å². The third kappa shape index (κ3) is 96.9. The van der Waals surface area contributed by atoms with Gasteiger partial charge >= 0.3 is 21.1 Å². The fourth-order valence-electron chi connectivity index (χ4n) is 0.577. The monoisotopic (exact) mass is 487 g/mol. The van der Waals surface area contributed by atoms with Crippen molar-refractivity contribution in [1.29, 1.82) is 0 Å². The predicted octanol–water partition coefficient (Wildman–Crippen LogP) is 0.585. The molecule has 0 radical (unpaired) electrons. The topological polar surface area (TPSA) is 92.2 Å². The Morgan fingerprint density at radius 2 is 0.571 bits per heavy atom. The van der Waals surface area contributed by atoms with E-state index in [1.165, 1.54) is 0 Å². The Kier molecular flexibility index (Phi) is 78.9. The molecule has 0 atom stereocenters. The average molecular weight is 488 g/mol. The van der Waals surface area contributed by atoms with Gasteiger partial charge in [-0.2, -0.15) is 0 Å². The Hall–Kier alpha value is 0.528. The molecular weight excluding hydrogens is 451 g/mol. The van der Waals surface area contributed by atoms with Crippen molar-refractivity contribution in [2.24, 2.45) is 0 Å². The molecule has 0 aliphatic heterocycles. The predicted molar refractivity (Wildman–Crippen MR) is 79.1 cm³/mol. The summed E-state index contributed by atoms with van der Waals surface area (Å²) in [6, 6.07) is 0. The maximum absolute atomic E-state index is 9.53. The van der Waals surface area contributed by atoms with Gasteiger partial charge in [0, 0.05) is 0 Å².